The number of carbonyl (C=O) groups is 1. The Morgan fingerprint density at radius 2 is 1.94 bits per heavy atom. The van der Waals surface area contributed by atoms with E-state index in [-0.39, 0.29) is 17.9 Å². The number of morpholine rings is 1. The number of nitrogens with two attached hydrogens (primary N) is 1. The van der Waals surface area contributed by atoms with E-state index in [0.717, 1.165) is 45.8 Å². The molecule has 2 aliphatic heterocycles. The van der Waals surface area contributed by atoms with Crippen LogP contribution in [0, 0.1) is 5.92 Å². The van der Waals surface area contributed by atoms with Gasteiger partial charge in [0.25, 0.3) is 0 Å². The third-order valence-corrected chi connectivity index (χ3v) is 4.04. The van der Waals surface area contributed by atoms with E-state index in [1.165, 1.54) is 0 Å². The van der Waals surface area contributed by atoms with Crippen LogP contribution in [0.1, 0.15) is 20.3 Å². The number of nitrogens with zero attached hydrogens (tertiary/aromatic N) is 2. The lowest BCUT2D eigenvalue weighted by Gasteiger charge is -2.32. The molecule has 5 nitrogen and oxygen atoms in total. The SMILES string of the molecule is CC(C)C(N)C(=O)N1CCC(N2CCOCC2)C1. The molecular formula is C13H25N3O2. The molecule has 2 aliphatic rings. The second kappa shape index (κ2) is 5.99. The number of hydrogen-bond donors (Lipinski definition) is 1. The van der Waals surface area contributed by atoms with Gasteiger partial charge in [0.05, 0.1) is 19.3 Å². The molecule has 18 heavy (non-hydrogen) atoms. The Morgan fingerprint density at radius 3 is 2.56 bits per heavy atom. The van der Waals surface area contributed by atoms with E-state index in [4.69, 9.17) is 10.5 Å². The Hall–Kier alpha value is -0.650. The molecule has 2 N–H and O–H groups in total. The van der Waals surface area contributed by atoms with Gasteiger partial charge in [0.1, 0.15) is 0 Å². The molecule has 2 rings (SSSR count). The van der Waals surface area contributed by atoms with Crippen LogP contribution in [0.15, 0.2) is 0 Å². The summed E-state index contributed by atoms with van der Waals surface area (Å²) in [7, 11) is 0. The minimum atomic E-state index is -0.353. The second-order valence-electron chi connectivity index (χ2n) is 5.64. The molecule has 0 radical (unpaired) electrons. The molecule has 0 aromatic rings. The van der Waals surface area contributed by atoms with Crippen LogP contribution in [0.25, 0.3) is 0 Å². The Morgan fingerprint density at radius 1 is 1.28 bits per heavy atom. The third kappa shape index (κ3) is 3.02. The van der Waals surface area contributed by atoms with Crippen molar-refractivity contribution in [3.8, 4) is 0 Å². The van der Waals surface area contributed by atoms with Crippen molar-refractivity contribution in [1.29, 1.82) is 0 Å². The lowest BCUT2D eigenvalue weighted by Crippen LogP contribution is -2.48. The van der Waals surface area contributed by atoms with Crippen LogP contribution in [-0.4, -0.2) is 67.2 Å². The minimum absolute atomic E-state index is 0.112. The number of rotatable bonds is 3. The Bertz CT molecular complexity index is 290. The molecule has 0 aromatic heterocycles. The van der Waals surface area contributed by atoms with E-state index < -0.39 is 0 Å². The lowest BCUT2D eigenvalue weighted by atomic mass is 10.0. The van der Waals surface area contributed by atoms with Crippen LogP contribution in [-0.2, 0) is 9.53 Å². The zero-order valence-electron chi connectivity index (χ0n) is 11.5. The molecule has 2 fully saturated rings. The van der Waals surface area contributed by atoms with Crippen LogP contribution in [0.5, 0.6) is 0 Å². The molecule has 2 heterocycles. The first-order valence-corrected chi connectivity index (χ1v) is 6.95. The van der Waals surface area contributed by atoms with E-state index >= 15 is 0 Å². The molecule has 0 bridgehead atoms. The van der Waals surface area contributed by atoms with Gasteiger partial charge in [-0.25, -0.2) is 0 Å². The normalized spacial score (nSPS) is 27.8. The van der Waals surface area contributed by atoms with Crippen molar-refractivity contribution in [2.75, 3.05) is 39.4 Å². The van der Waals surface area contributed by atoms with Crippen molar-refractivity contribution in [3.63, 3.8) is 0 Å². The van der Waals surface area contributed by atoms with E-state index in [1.807, 2.05) is 18.7 Å². The predicted octanol–water partition coefficient (Wildman–Crippen LogP) is -0.0972. The summed E-state index contributed by atoms with van der Waals surface area (Å²) in [5.41, 5.74) is 5.94. The van der Waals surface area contributed by atoms with Gasteiger partial charge < -0.3 is 15.4 Å². The van der Waals surface area contributed by atoms with Crippen molar-refractivity contribution < 1.29 is 9.53 Å². The summed E-state index contributed by atoms with van der Waals surface area (Å²) < 4.78 is 5.36. The van der Waals surface area contributed by atoms with Gasteiger partial charge in [-0.3, -0.25) is 9.69 Å². The van der Waals surface area contributed by atoms with Crippen LogP contribution < -0.4 is 5.73 Å². The average Bonchev–Trinajstić information content (AvgIpc) is 2.87. The van der Waals surface area contributed by atoms with Gasteiger partial charge >= 0.3 is 0 Å². The first kappa shape index (κ1) is 13.8. The van der Waals surface area contributed by atoms with Crippen molar-refractivity contribution in [3.05, 3.63) is 0 Å². The van der Waals surface area contributed by atoms with Gasteiger partial charge in [-0.15, -0.1) is 0 Å². The highest BCUT2D eigenvalue weighted by atomic mass is 16.5. The third-order valence-electron chi connectivity index (χ3n) is 4.04. The summed E-state index contributed by atoms with van der Waals surface area (Å²) >= 11 is 0. The van der Waals surface area contributed by atoms with Crippen LogP contribution in [0.3, 0.4) is 0 Å². The lowest BCUT2D eigenvalue weighted by molar-refractivity contribution is -0.132. The first-order chi connectivity index (χ1) is 8.59. The highest BCUT2D eigenvalue weighted by molar-refractivity contribution is 5.82. The number of hydrogen-bond acceptors (Lipinski definition) is 4. The van der Waals surface area contributed by atoms with Gasteiger partial charge in [0.2, 0.25) is 5.91 Å². The zero-order valence-corrected chi connectivity index (χ0v) is 11.5. The van der Waals surface area contributed by atoms with Crippen molar-refractivity contribution >= 4 is 5.91 Å². The number of likely N-dealkylation sites (tertiary alicyclic amines) is 1. The zero-order chi connectivity index (χ0) is 13.1. The molecule has 2 atom stereocenters. The van der Waals surface area contributed by atoms with E-state index in [0.29, 0.717) is 6.04 Å². The average molecular weight is 255 g/mol. The van der Waals surface area contributed by atoms with Gasteiger partial charge in [-0.05, 0) is 12.3 Å². The molecule has 0 spiro atoms. The van der Waals surface area contributed by atoms with E-state index in [9.17, 15) is 4.79 Å². The van der Waals surface area contributed by atoms with Crippen LogP contribution >= 0.6 is 0 Å². The number of carbonyl (C=O) groups excluding carboxylic acids is 1. The largest absolute Gasteiger partial charge is 0.379 e. The van der Waals surface area contributed by atoms with Crippen molar-refractivity contribution in [1.82, 2.24) is 9.80 Å². The maximum atomic E-state index is 12.2. The van der Waals surface area contributed by atoms with Crippen LogP contribution in [0.2, 0.25) is 0 Å². The standard InChI is InChI=1S/C13H25N3O2/c1-10(2)12(14)13(17)16-4-3-11(9-16)15-5-7-18-8-6-15/h10-12H,3-9,14H2,1-2H3. The summed E-state index contributed by atoms with van der Waals surface area (Å²) in [6.45, 7) is 9.29. The van der Waals surface area contributed by atoms with Crippen molar-refractivity contribution in [2.45, 2.75) is 32.4 Å². The van der Waals surface area contributed by atoms with Gasteiger partial charge in [0, 0.05) is 32.2 Å². The quantitative estimate of drug-likeness (QED) is 0.765. The summed E-state index contributed by atoms with van der Waals surface area (Å²) in [6, 6.07) is 0.144. The maximum absolute atomic E-state index is 12.2. The van der Waals surface area contributed by atoms with Gasteiger partial charge in [0.15, 0.2) is 0 Å². The van der Waals surface area contributed by atoms with Crippen molar-refractivity contribution in [2.24, 2.45) is 11.7 Å². The molecule has 1 amide bonds. The first-order valence-electron chi connectivity index (χ1n) is 6.95. The monoisotopic (exact) mass is 255 g/mol. The summed E-state index contributed by atoms with van der Waals surface area (Å²) in [6.07, 6.45) is 1.07. The second-order valence-corrected chi connectivity index (χ2v) is 5.64. The fourth-order valence-corrected chi connectivity index (χ4v) is 2.68. The van der Waals surface area contributed by atoms with Gasteiger partial charge in [-0.2, -0.15) is 0 Å². The molecular weight excluding hydrogens is 230 g/mol. The summed E-state index contributed by atoms with van der Waals surface area (Å²) in [5.74, 6) is 0.320. The Labute approximate surface area is 109 Å². The predicted molar refractivity (Wildman–Crippen MR) is 70.2 cm³/mol. The van der Waals surface area contributed by atoms with E-state index in [2.05, 4.69) is 4.90 Å². The fraction of sp³-hybridized carbons (Fsp3) is 0.923. The van der Waals surface area contributed by atoms with E-state index in [1.54, 1.807) is 0 Å². The summed E-state index contributed by atoms with van der Waals surface area (Å²) in [4.78, 5) is 16.6. The number of amides is 1. The molecule has 0 saturated carbocycles. The highest BCUT2D eigenvalue weighted by Gasteiger charge is 2.33. The molecule has 2 unspecified atom stereocenters. The fourth-order valence-electron chi connectivity index (χ4n) is 2.68. The molecule has 5 heteroatoms. The molecule has 2 saturated heterocycles. The maximum Gasteiger partial charge on any atom is 0.239 e. The minimum Gasteiger partial charge on any atom is -0.379 e. The molecule has 0 aliphatic carbocycles. The highest BCUT2D eigenvalue weighted by Crippen LogP contribution is 2.18. The number of ether oxygens (including phenoxy) is 1. The Balaban J connectivity index is 1.85. The molecule has 104 valence electrons. The molecule has 0 aromatic carbocycles. The summed E-state index contributed by atoms with van der Waals surface area (Å²) in [5, 5.41) is 0. The van der Waals surface area contributed by atoms with Crippen LogP contribution in [0.4, 0.5) is 0 Å². The Kier molecular flexibility index (Phi) is 4.59. The topological polar surface area (TPSA) is 58.8 Å². The van der Waals surface area contributed by atoms with Gasteiger partial charge in [-0.1, -0.05) is 13.8 Å². The smallest absolute Gasteiger partial charge is 0.239 e.